The van der Waals surface area contributed by atoms with Crippen LogP contribution in [0.5, 0.6) is 5.75 Å². The second-order valence-corrected chi connectivity index (χ2v) is 11.7. The summed E-state index contributed by atoms with van der Waals surface area (Å²) in [5, 5.41) is 5.69. The molecule has 0 aliphatic heterocycles. The van der Waals surface area contributed by atoms with Crippen molar-refractivity contribution in [3.8, 4) is 5.75 Å². The van der Waals surface area contributed by atoms with E-state index >= 15 is 0 Å². The molecule has 1 unspecified atom stereocenters. The van der Waals surface area contributed by atoms with Gasteiger partial charge in [0.1, 0.15) is 5.75 Å². The van der Waals surface area contributed by atoms with Crippen LogP contribution in [0.25, 0.3) is 0 Å². The third kappa shape index (κ3) is 5.23. The zero-order chi connectivity index (χ0) is 19.3. The van der Waals surface area contributed by atoms with Crippen molar-refractivity contribution in [3.05, 3.63) is 90.5 Å². The Hall–Kier alpha value is -2.05. The minimum Gasteiger partial charge on any atom is -0.433 e. The van der Waals surface area contributed by atoms with Gasteiger partial charge in [-0.2, -0.15) is 0 Å². The lowest BCUT2D eigenvalue weighted by atomic mass is 10.2. The van der Waals surface area contributed by atoms with Crippen molar-refractivity contribution in [2.45, 2.75) is 10.6 Å². The van der Waals surface area contributed by atoms with E-state index in [0.717, 1.165) is 5.56 Å². The number of hydrogen-bond acceptors (Lipinski definition) is 5. The van der Waals surface area contributed by atoms with Gasteiger partial charge in [0.25, 0.3) is 0 Å². The fourth-order valence-electron chi connectivity index (χ4n) is 2.33. The monoisotopic (exact) mass is 419 g/mol. The van der Waals surface area contributed by atoms with E-state index in [1.165, 1.54) is 35.6 Å². The van der Waals surface area contributed by atoms with Gasteiger partial charge in [-0.3, -0.25) is 4.57 Å². The molecule has 3 rings (SSSR count). The third-order valence-electron chi connectivity index (χ3n) is 3.69. The number of primary sulfonamides is 1. The van der Waals surface area contributed by atoms with Crippen molar-refractivity contribution >= 4 is 33.3 Å². The van der Waals surface area contributed by atoms with E-state index in [1.807, 2.05) is 36.4 Å². The Morgan fingerprint density at radius 1 is 0.852 bits per heavy atom. The van der Waals surface area contributed by atoms with Gasteiger partial charge in [0.2, 0.25) is 10.0 Å². The van der Waals surface area contributed by atoms with Crippen LogP contribution in [-0.4, -0.2) is 8.42 Å². The maximum atomic E-state index is 13.6. The van der Waals surface area contributed by atoms with Gasteiger partial charge in [-0.1, -0.05) is 48.5 Å². The number of hydrogen-bond donors (Lipinski definition) is 1. The quantitative estimate of drug-likeness (QED) is 0.581. The summed E-state index contributed by atoms with van der Waals surface area (Å²) in [6, 6.07) is 24.3. The van der Waals surface area contributed by atoms with E-state index in [4.69, 9.17) is 9.66 Å². The highest BCUT2D eigenvalue weighted by atomic mass is 32.7. The zero-order valence-electron chi connectivity index (χ0n) is 14.3. The highest BCUT2D eigenvalue weighted by Gasteiger charge is 2.28. The van der Waals surface area contributed by atoms with Crippen LogP contribution in [0, 0.1) is 0 Å². The van der Waals surface area contributed by atoms with Gasteiger partial charge in [0.05, 0.1) is 10.2 Å². The number of benzene rings is 3. The van der Waals surface area contributed by atoms with Crippen molar-refractivity contribution in [3.63, 3.8) is 0 Å². The minimum absolute atomic E-state index is 0.0265. The molecule has 0 spiro atoms. The predicted molar refractivity (Wildman–Crippen MR) is 110 cm³/mol. The first kappa shape index (κ1) is 19.7. The Bertz CT molecular complexity index is 1040. The van der Waals surface area contributed by atoms with Crippen molar-refractivity contribution in [2.24, 2.45) is 5.14 Å². The molecule has 0 aromatic heterocycles. The molecule has 0 amide bonds. The number of nitrogens with two attached hydrogens (primary N) is 1. The fraction of sp³-hybridized carbons (Fsp3) is 0.0526. The summed E-state index contributed by atoms with van der Waals surface area (Å²) in [6.07, 6.45) is 0. The molecule has 0 aliphatic carbocycles. The molecule has 2 N–H and O–H groups in total. The molecule has 3 aromatic carbocycles. The van der Waals surface area contributed by atoms with Crippen molar-refractivity contribution < 1.29 is 17.5 Å². The number of sulfonamides is 1. The molecular formula is C19H18NO4PS2. The molecule has 0 heterocycles. The first-order valence-electron chi connectivity index (χ1n) is 8.03. The lowest BCUT2D eigenvalue weighted by Gasteiger charge is -2.19. The Morgan fingerprint density at radius 3 is 1.96 bits per heavy atom. The second-order valence-electron chi connectivity index (χ2n) is 5.70. The molecule has 0 radical (unpaired) electrons. The highest BCUT2D eigenvalue weighted by molar-refractivity contribution is 8.58. The molecule has 0 aliphatic rings. The maximum absolute atomic E-state index is 13.6. The van der Waals surface area contributed by atoms with Crippen LogP contribution in [0.1, 0.15) is 5.56 Å². The number of rotatable bonds is 7. The molecule has 1 atom stereocenters. The van der Waals surface area contributed by atoms with Crippen LogP contribution in [0.3, 0.4) is 0 Å². The minimum atomic E-state index is -3.79. The van der Waals surface area contributed by atoms with Crippen LogP contribution in [-0.2, 0) is 20.3 Å². The van der Waals surface area contributed by atoms with Crippen LogP contribution in [0.2, 0.25) is 0 Å². The second kappa shape index (κ2) is 8.31. The molecule has 0 fully saturated rings. The summed E-state index contributed by atoms with van der Waals surface area (Å²) in [6.45, 7) is -3.28. The Balaban J connectivity index is 1.87. The summed E-state index contributed by atoms with van der Waals surface area (Å²) < 4.78 is 42.3. The summed E-state index contributed by atoms with van der Waals surface area (Å²) in [5.41, 5.74) is 1.03. The Morgan fingerprint density at radius 2 is 1.41 bits per heavy atom. The van der Waals surface area contributed by atoms with Gasteiger partial charge in [-0.05, 0) is 53.3 Å². The summed E-state index contributed by atoms with van der Waals surface area (Å²) in [4.78, 5) is -0.0265. The summed E-state index contributed by atoms with van der Waals surface area (Å²) >= 11 is 1.23. The standard InChI is InChI=1S/C19H18NO4PS2/c20-27(22,23)19-13-11-17(12-14-19)24-25(21,18-9-5-2-6-10-18)26-15-16-7-3-1-4-8-16/h1-14H,15H2,(H2,20,22,23). The Labute approximate surface area is 162 Å². The predicted octanol–water partition coefficient (Wildman–Crippen LogP) is 4.16. The van der Waals surface area contributed by atoms with E-state index < -0.39 is 16.6 Å². The summed E-state index contributed by atoms with van der Waals surface area (Å²) in [7, 11) is -3.79. The van der Waals surface area contributed by atoms with Gasteiger partial charge in [-0.25, -0.2) is 13.6 Å². The van der Waals surface area contributed by atoms with E-state index in [9.17, 15) is 13.0 Å². The lowest BCUT2D eigenvalue weighted by Crippen LogP contribution is -2.12. The van der Waals surface area contributed by atoms with E-state index in [1.54, 1.807) is 24.3 Å². The molecule has 0 saturated heterocycles. The van der Waals surface area contributed by atoms with Crippen molar-refractivity contribution in [2.75, 3.05) is 0 Å². The Kier molecular flexibility index (Phi) is 6.07. The third-order valence-corrected chi connectivity index (χ3v) is 9.07. The zero-order valence-corrected chi connectivity index (χ0v) is 16.8. The average Bonchev–Trinajstić information content (AvgIpc) is 2.68. The van der Waals surface area contributed by atoms with Crippen LogP contribution in [0.15, 0.2) is 89.8 Å². The van der Waals surface area contributed by atoms with E-state index in [-0.39, 0.29) is 4.90 Å². The maximum Gasteiger partial charge on any atom is 0.333 e. The van der Waals surface area contributed by atoms with Crippen LogP contribution >= 0.6 is 18.0 Å². The molecule has 140 valence electrons. The van der Waals surface area contributed by atoms with Gasteiger partial charge in [0.15, 0.2) is 0 Å². The average molecular weight is 419 g/mol. The van der Waals surface area contributed by atoms with E-state index in [0.29, 0.717) is 16.8 Å². The molecule has 3 aromatic rings. The van der Waals surface area contributed by atoms with Crippen LogP contribution in [0.4, 0.5) is 0 Å². The van der Waals surface area contributed by atoms with Crippen molar-refractivity contribution in [1.82, 2.24) is 0 Å². The van der Waals surface area contributed by atoms with Gasteiger partial charge >= 0.3 is 6.57 Å². The first-order chi connectivity index (χ1) is 12.9. The fourth-order valence-corrected chi connectivity index (χ4v) is 6.78. The molecule has 27 heavy (non-hydrogen) atoms. The summed E-state index contributed by atoms with van der Waals surface area (Å²) in [5.74, 6) is 0.831. The highest BCUT2D eigenvalue weighted by Crippen LogP contribution is 2.59. The molecule has 0 bridgehead atoms. The van der Waals surface area contributed by atoms with Gasteiger partial charge in [-0.15, -0.1) is 0 Å². The first-order valence-corrected chi connectivity index (χ1v) is 12.8. The largest absolute Gasteiger partial charge is 0.433 e. The molecular weight excluding hydrogens is 401 g/mol. The molecule has 8 heteroatoms. The SMILES string of the molecule is NS(=O)(=O)c1ccc(OP(=O)(SCc2ccccc2)c2ccccc2)cc1. The smallest absolute Gasteiger partial charge is 0.333 e. The van der Waals surface area contributed by atoms with Gasteiger partial charge in [0, 0.05) is 5.75 Å². The van der Waals surface area contributed by atoms with Crippen molar-refractivity contribution in [1.29, 1.82) is 0 Å². The van der Waals surface area contributed by atoms with Gasteiger partial charge < -0.3 is 4.52 Å². The van der Waals surface area contributed by atoms with Crippen LogP contribution < -0.4 is 15.0 Å². The molecule has 0 saturated carbocycles. The molecule has 5 nitrogen and oxygen atoms in total. The topological polar surface area (TPSA) is 86.5 Å². The normalized spacial score (nSPS) is 13.7. The van der Waals surface area contributed by atoms with E-state index in [2.05, 4.69) is 0 Å². The lowest BCUT2D eigenvalue weighted by molar-refractivity contribution is 0.509.